The lowest BCUT2D eigenvalue weighted by molar-refractivity contribution is 0.969. The van der Waals surface area contributed by atoms with Gasteiger partial charge in [0.1, 0.15) is 0 Å². The molecule has 70 valence electrons. The average molecular weight is 240 g/mol. The van der Waals surface area contributed by atoms with Crippen LogP contribution in [0.3, 0.4) is 0 Å². The second kappa shape index (κ2) is 5.07. The monoisotopic (exact) mass is 239 g/mol. The molecule has 0 aliphatic carbocycles. The number of aromatic nitrogens is 1. The van der Waals surface area contributed by atoms with Crippen molar-refractivity contribution in [3.8, 4) is 0 Å². The lowest BCUT2D eigenvalue weighted by Gasteiger charge is -1.92. The number of para-hydroxylation sites is 1. The Bertz CT molecular complexity index is 365. The third kappa shape index (κ3) is 2.59. The van der Waals surface area contributed by atoms with Crippen LogP contribution in [0.4, 0.5) is 0 Å². The fraction of sp³-hybridized carbons (Fsp3) is 0.273. The van der Waals surface area contributed by atoms with Gasteiger partial charge < -0.3 is 4.57 Å². The van der Waals surface area contributed by atoms with E-state index in [-0.39, 0.29) is 0 Å². The number of aryl methyl sites for hydroxylation is 1. The van der Waals surface area contributed by atoms with Gasteiger partial charge in [-0.2, -0.15) is 0 Å². The first-order valence-electron chi connectivity index (χ1n) is 4.35. The summed E-state index contributed by atoms with van der Waals surface area (Å²) in [4.78, 5) is 0. The highest BCUT2D eigenvalue weighted by molar-refractivity contribution is 9.09. The summed E-state index contributed by atoms with van der Waals surface area (Å²) in [7, 11) is 2.06. The lowest BCUT2D eigenvalue weighted by atomic mass is 10.2. The van der Waals surface area contributed by atoms with E-state index in [1.165, 1.54) is 10.9 Å². The molecule has 1 heterocycles. The Morgan fingerprint density at radius 2 is 1.85 bits per heavy atom. The summed E-state index contributed by atoms with van der Waals surface area (Å²) in [5, 5.41) is 2.37. The van der Waals surface area contributed by atoms with Gasteiger partial charge in [0.15, 0.2) is 0 Å². The zero-order chi connectivity index (χ0) is 9.68. The number of nitrogens with zero attached hydrogens (tertiary/aromatic N) is 1. The minimum Gasteiger partial charge on any atom is -0.351 e. The molecule has 13 heavy (non-hydrogen) atoms. The molecule has 1 aromatic heterocycles. The molecule has 1 nitrogen and oxygen atoms in total. The van der Waals surface area contributed by atoms with E-state index < -0.39 is 0 Å². The Balaban J connectivity index is 0.000000251. The highest BCUT2D eigenvalue weighted by atomic mass is 79.9. The fourth-order valence-electron chi connectivity index (χ4n) is 1.22. The van der Waals surface area contributed by atoms with E-state index in [0.717, 1.165) is 5.33 Å². The van der Waals surface area contributed by atoms with Crippen LogP contribution in [0.2, 0.25) is 0 Å². The van der Waals surface area contributed by atoms with Crippen molar-refractivity contribution in [3.05, 3.63) is 36.5 Å². The van der Waals surface area contributed by atoms with Gasteiger partial charge in [-0.05, 0) is 17.5 Å². The lowest BCUT2D eigenvalue weighted by Crippen LogP contribution is -1.81. The van der Waals surface area contributed by atoms with Crippen molar-refractivity contribution in [2.24, 2.45) is 7.05 Å². The first-order chi connectivity index (χ1) is 6.29. The number of hydrogen-bond acceptors (Lipinski definition) is 0. The van der Waals surface area contributed by atoms with Crippen molar-refractivity contribution < 1.29 is 0 Å². The van der Waals surface area contributed by atoms with Gasteiger partial charge in [0.25, 0.3) is 0 Å². The minimum absolute atomic E-state index is 1.06. The van der Waals surface area contributed by atoms with E-state index in [0.29, 0.717) is 0 Å². The standard InChI is InChI=1S/C9H9N.C2H5Br/c1-10-7-6-8-4-2-3-5-9(8)10;1-2-3/h2-7H,1H3;2H2,1H3. The van der Waals surface area contributed by atoms with Crippen LogP contribution in [0, 0.1) is 0 Å². The minimum atomic E-state index is 1.06. The molecule has 0 fully saturated rings. The maximum Gasteiger partial charge on any atom is 0.0477 e. The number of rotatable bonds is 0. The third-order valence-corrected chi connectivity index (χ3v) is 1.79. The summed E-state index contributed by atoms with van der Waals surface area (Å²) in [6, 6.07) is 10.5. The molecular formula is C11H14BrN. The van der Waals surface area contributed by atoms with Gasteiger partial charge in [0.05, 0.1) is 0 Å². The molecule has 0 unspecified atom stereocenters. The van der Waals surface area contributed by atoms with Crippen LogP contribution in [-0.4, -0.2) is 9.90 Å². The molecule has 0 bridgehead atoms. The van der Waals surface area contributed by atoms with Gasteiger partial charge in [-0.25, -0.2) is 0 Å². The van der Waals surface area contributed by atoms with E-state index >= 15 is 0 Å². The number of benzene rings is 1. The summed E-state index contributed by atoms with van der Waals surface area (Å²) in [6.45, 7) is 2.04. The van der Waals surface area contributed by atoms with E-state index in [1.54, 1.807) is 0 Å². The first-order valence-corrected chi connectivity index (χ1v) is 5.47. The second-order valence-electron chi connectivity index (χ2n) is 2.75. The molecule has 0 aliphatic rings. The van der Waals surface area contributed by atoms with Crippen LogP contribution in [0.15, 0.2) is 36.5 Å². The maximum absolute atomic E-state index is 3.15. The number of hydrogen-bond donors (Lipinski definition) is 0. The number of alkyl halides is 1. The molecule has 0 saturated carbocycles. The molecule has 0 radical (unpaired) electrons. The van der Waals surface area contributed by atoms with Crippen molar-refractivity contribution in [3.63, 3.8) is 0 Å². The number of fused-ring (bicyclic) bond motifs is 1. The average Bonchev–Trinajstić information content (AvgIpc) is 2.50. The quantitative estimate of drug-likeness (QED) is 0.620. The highest BCUT2D eigenvalue weighted by Gasteiger charge is 1.92. The summed E-state index contributed by atoms with van der Waals surface area (Å²) in [6.07, 6.45) is 2.07. The largest absolute Gasteiger partial charge is 0.351 e. The van der Waals surface area contributed by atoms with E-state index in [9.17, 15) is 0 Å². The topological polar surface area (TPSA) is 4.93 Å². The smallest absolute Gasteiger partial charge is 0.0477 e. The Morgan fingerprint density at radius 1 is 1.23 bits per heavy atom. The Labute approximate surface area is 87.5 Å². The molecule has 0 aliphatic heterocycles. The predicted octanol–water partition coefficient (Wildman–Crippen LogP) is 3.58. The molecular weight excluding hydrogens is 226 g/mol. The first kappa shape index (κ1) is 10.3. The van der Waals surface area contributed by atoms with Crippen molar-refractivity contribution >= 4 is 26.8 Å². The van der Waals surface area contributed by atoms with Crippen molar-refractivity contribution in [1.29, 1.82) is 0 Å². The molecule has 0 amide bonds. The molecule has 2 aromatic rings. The van der Waals surface area contributed by atoms with E-state index in [4.69, 9.17) is 0 Å². The van der Waals surface area contributed by atoms with Gasteiger partial charge in [0.2, 0.25) is 0 Å². The van der Waals surface area contributed by atoms with Crippen molar-refractivity contribution in [1.82, 2.24) is 4.57 Å². The van der Waals surface area contributed by atoms with Crippen molar-refractivity contribution in [2.45, 2.75) is 6.92 Å². The Hall–Kier alpha value is -0.760. The Kier molecular flexibility index (Phi) is 4.03. The molecule has 0 saturated heterocycles. The predicted molar refractivity (Wildman–Crippen MR) is 62.4 cm³/mol. The van der Waals surface area contributed by atoms with E-state index in [2.05, 4.69) is 64.1 Å². The van der Waals surface area contributed by atoms with Crippen LogP contribution >= 0.6 is 15.9 Å². The summed E-state index contributed by atoms with van der Waals surface area (Å²) >= 11 is 3.15. The molecule has 1 aromatic carbocycles. The van der Waals surface area contributed by atoms with E-state index in [1.807, 2.05) is 6.92 Å². The molecule has 0 spiro atoms. The summed E-state index contributed by atoms with van der Waals surface area (Å²) in [5.74, 6) is 0. The van der Waals surface area contributed by atoms with Crippen LogP contribution in [0.5, 0.6) is 0 Å². The summed E-state index contributed by atoms with van der Waals surface area (Å²) < 4.78 is 2.12. The molecule has 0 N–H and O–H groups in total. The van der Waals surface area contributed by atoms with Gasteiger partial charge in [-0.3, -0.25) is 0 Å². The van der Waals surface area contributed by atoms with Crippen LogP contribution in [-0.2, 0) is 7.05 Å². The zero-order valence-electron chi connectivity index (χ0n) is 8.00. The molecule has 2 rings (SSSR count). The normalized spacial score (nSPS) is 9.46. The van der Waals surface area contributed by atoms with Crippen molar-refractivity contribution in [2.75, 3.05) is 5.33 Å². The Morgan fingerprint density at radius 3 is 2.46 bits per heavy atom. The van der Waals surface area contributed by atoms with Crippen LogP contribution in [0.25, 0.3) is 10.9 Å². The summed E-state index contributed by atoms with van der Waals surface area (Å²) in [5.41, 5.74) is 1.29. The zero-order valence-corrected chi connectivity index (χ0v) is 9.58. The molecule has 2 heteroatoms. The third-order valence-electron chi connectivity index (χ3n) is 1.79. The maximum atomic E-state index is 3.15. The fourth-order valence-corrected chi connectivity index (χ4v) is 1.22. The highest BCUT2D eigenvalue weighted by Crippen LogP contribution is 2.12. The van der Waals surface area contributed by atoms with Gasteiger partial charge in [-0.1, -0.05) is 41.1 Å². The van der Waals surface area contributed by atoms with Crippen LogP contribution in [0.1, 0.15) is 6.92 Å². The molecule has 0 atom stereocenters. The van der Waals surface area contributed by atoms with Gasteiger partial charge in [-0.15, -0.1) is 0 Å². The van der Waals surface area contributed by atoms with Gasteiger partial charge in [0, 0.05) is 24.1 Å². The number of halogens is 1. The second-order valence-corrected chi connectivity index (χ2v) is 3.87. The SMILES string of the molecule is CCBr.Cn1ccc2ccccc21. The van der Waals surface area contributed by atoms with Gasteiger partial charge >= 0.3 is 0 Å². The van der Waals surface area contributed by atoms with Crippen LogP contribution < -0.4 is 0 Å².